The standard InChI is InChI=1S/C7H8N4O/c1-10-3-2-6(12)11-4-5(8)9-7(10)11/h2-4H,8H2,1H3. The number of fused-ring (bicyclic) bond motifs is 1. The average molecular weight is 164 g/mol. The number of aromatic nitrogens is 3. The van der Waals surface area contributed by atoms with E-state index in [4.69, 9.17) is 5.73 Å². The van der Waals surface area contributed by atoms with Gasteiger partial charge in [-0.3, -0.25) is 4.79 Å². The van der Waals surface area contributed by atoms with Crippen LogP contribution in [0.1, 0.15) is 0 Å². The summed E-state index contributed by atoms with van der Waals surface area (Å²) in [5, 5.41) is 0. The Morgan fingerprint density at radius 2 is 2.33 bits per heavy atom. The zero-order valence-corrected chi connectivity index (χ0v) is 6.56. The molecule has 0 aliphatic carbocycles. The third-order valence-corrected chi connectivity index (χ3v) is 1.70. The van der Waals surface area contributed by atoms with Crippen LogP contribution in [0.2, 0.25) is 0 Å². The van der Waals surface area contributed by atoms with E-state index in [0.29, 0.717) is 11.6 Å². The second kappa shape index (κ2) is 2.10. The lowest BCUT2D eigenvalue weighted by atomic mass is 10.6. The third kappa shape index (κ3) is 0.795. The van der Waals surface area contributed by atoms with Crippen LogP contribution in [0, 0.1) is 0 Å². The first-order chi connectivity index (χ1) is 5.68. The number of hydrogen-bond donors (Lipinski definition) is 1. The molecule has 12 heavy (non-hydrogen) atoms. The Morgan fingerprint density at radius 3 is 3.00 bits per heavy atom. The van der Waals surface area contributed by atoms with Crippen molar-refractivity contribution in [2.75, 3.05) is 5.73 Å². The summed E-state index contributed by atoms with van der Waals surface area (Å²) < 4.78 is 3.15. The molecule has 2 aromatic rings. The molecule has 2 heterocycles. The van der Waals surface area contributed by atoms with Gasteiger partial charge in [0.25, 0.3) is 5.56 Å². The Bertz CT molecular complexity index is 482. The van der Waals surface area contributed by atoms with Gasteiger partial charge in [-0.1, -0.05) is 0 Å². The maximum atomic E-state index is 11.2. The molecule has 0 fully saturated rings. The highest BCUT2D eigenvalue weighted by Crippen LogP contribution is 2.00. The molecule has 0 aromatic carbocycles. The van der Waals surface area contributed by atoms with Gasteiger partial charge in [0.1, 0.15) is 5.82 Å². The summed E-state index contributed by atoms with van der Waals surface area (Å²) in [5.74, 6) is 0.911. The Morgan fingerprint density at radius 1 is 1.58 bits per heavy atom. The monoisotopic (exact) mass is 164 g/mol. The van der Waals surface area contributed by atoms with Crippen molar-refractivity contribution in [3.05, 3.63) is 28.8 Å². The van der Waals surface area contributed by atoms with Gasteiger partial charge >= 0.3 is 0 Å². The molecule has 2 aromatic heterocycles. The maximum Gasteiger partial charge on any atom is 0.258 e. The van der Waals surface area contributed by atoms with Crippen LogP contribution in [0.15, 0.2) is 23.3 Å². The lowest BCUT2D eigenvalue weighted by Gasteiger charge is -1.97. The van der Waals surface area contributed by atoms with E-state index in [9.17, 15) is 4.79 Å². The minimum Gasteiger partial charge on any atom is -0.382 e. The highest BCUT2D eigenvalue weighted by molar-refractivity contribution is 5.40. The largest absolute Gasteiger partial charge is 0.382 e. The Balaban J connectivity index is 3.03. The second-order valence-corrected chi connectivity index (χ2v) is 2.60. The lowest BCUT2D eigenvalue weighted by Crippen LogP contribution is -2.13. The highest BCUT2D eigenvalue weighted by Gasteiger charge is 2.01. The summed E-state index contributed by atoms with van der Waals surface area (Å²) in [4.78, 5) is 15.2. The normalized spacial score (nSPS) is 10.8. The SMILES string of the molecule is Cn1ccc(=O)n2cc(N)nc12. The van der Waals surface area contributed by atoms with Crippen LogP contribution in [0.5, 0.6) is 0 Å². The van der Waals surface area contributed by atoms with Crippen LogP contribution < -0.4 is 11.3 Å². The van der Waals surface area contributed by atoms with Crippen LogP contribution >= 0.6 is 0 Å². The van der Waals surface area contributed by atoms with Gasteiger partial charge in [0.2, 0.25) is 5.78 Å². The van der Waals surface area contributed by atoms with Crippen molar-refractivity contribution >= 4 is 11.6 Å². The van der Waals surface area contributed by atoms with E-state index in [2.05, 4.69) is 4.98 Å². The van der Waals surface area contributed by atoms with Crippen LogP contribution in [-0.2, 0) is 7.05 Å². The van der Waals surface area contributed by atoms with E-state index >= 15 is 0 Å². The third-order valence-electron chi connectivity index (χ3n) is 1.70. The van der Waals surface area contributed by atoms with E-state index in [0.717, 1.165) is 0 Å². The molecule has 0 bridgehead atoms. The summed E-state index contributed by atoms with van der Waals surface area (Å²) in [6.45, 7) is 0. The van der Waals surface area contributed by atoms with Crippen molar-refractivity contribution in [2.45, 2.75) is 0 Å². The van der Waals surface area contributed by atoms with Gasteiger partial charge in [-0.2, -0.15) is 4.98 Å². The van der Waals surface area contributed by atoms with Crippen molar-refractivity contribution in [3.63, 3.8) is 0 Å². The number of hydrogen-bond acceptors (Lipinski definition) is 3. The minimum atomic E-state index is -0.118. The molecule has 0 radical (unpaired) electrons. The zero-order chi connectivity index (χ0) is 8.72. The summed E-state index contributed by atoms with van der Waals surface area (Å²) >= 11 is 0. The van der Waals surface area contributed by atoms with Crippen molar-refractivity contribution in [3.8, 4) is 0 Å². The number of nitrogens with two attached hydrogens (primary N) is 1. The maximum absolute atomic E-state index is 11.2. The smallest absolute Gasteiger partial charge is 0.258 e. The van der Waals surface area contributed by atoms with Gasteiger partial charge in [-0.05, 0) is 0 Å². The van der Waals surface area contributed by atoms with E-state index in [1.54, 1.807) is 17.8 Å². The highest BCUT2D eigenvalue weighted by atomic mass is 16.1. The molecule has 2 rings (SSSR count). The molecule has 0 amide bonds. The first-order valence-corrected chi connectivity index (χ1v) is 3.49. The molecule has 0 atom stereocenters. The van der Waals surface area contributed by atoms with Crippen molar-refractivity contribution < 1.29 is 0 Å². The second-order valence-electron chi connectivity index (χ2n) is 2.60. The Labute approximate surface area is 68.1 Å². The van der Waals surface area contributed by atoms with E-state index in [1.807, 2.05) is 0 Å². The quantitative estimate of drug-likeness (QED) is 0.577. The molecule has 5 heteroatoms. The number of aryl methyl sites for hydroxylation is 1. The Hall–Kier alpha value is -1.78. The number of imidazole rings is 1. The van der Waals surface area contributed by atoms with Crippen LogP contribution in [0.3, 0.4) is 0 Å². The Kier molecular flexibility index (Phi) is 1.21. The number of nitrogens with zero attached hydrogens (tertiary/aromatic N) is 3. The van der Waals surface area contributed by atoms with Crippen LogP contribution in [0.25, 0.3) is 5.78 Å². The van der Waals surface area contributed by atoms with Gasteiger partial charge in [0.05, 0.1) is 6.20 Å². The molecule has 0 saturated heterocycles. The van der Waals surface area contributed by atoms with Gasteiger partial charge in [-0.25, -0.2) is 4.40 Å². The summed E-state index contributed by atoms with van der Waals surface area (Å²) in [6, 6.07) is 1.47. The molecule has 0 unspecified atom stereocenters. The molecule has 0 spiro atoms. The fourth-order valence-electron chi connectivity index (χ4n) is 1.12. The fraction of sp³-hybridized carbons (Fsp3) is 0.143. The summed E-state index contributed by atoms with van der Waals surface area (Å²) in [5.41, 5.74) is 5.33. The number of nitrogen functional groups attached to an aromatic ring is 1. The van der Waals surface area contributed by atoms with Crippen molar-refractivity contribution in [1.29, 1.82) is 0 Å². The summed E-state index contributed by atoms with van der Waals surface area (Å²) in [7, 11) is 1.81. The number of anilines is 1. The van der Waals surface area contributed by atoms with Gasteiger partial charge in [-0.15, -0.1) is 0 Å². The topological polar surface area (TPSA) is 65.3 Å². The molecular weight excluding hydrogens is 156 g/mol. The average Bonchev–Trinajstić information content (AvgIpc) is 2.41. The predicted octanol–water partition coefficient (Wildman–Crippen LogP) is -0.385. The van der Waals surface area contributed by atoms with E-state index < -0.39 is 0 Å². The first-order valence-electron chi connectivity index (χ1n) is 3.49. The molecule has 2 N–H and O–H groups in total. The molecule has 0 aliphatic heterocycles. The van der Waals surface area contributed by atoms with Gasteiger partial charge < -0.3 is 10.3 Å². The molecule has 0 saturated carbocycles. The van der Waals surface area contributed by atoms with Gasteiger partial charge in [0.15, 0.2) is 0 Å². The molecular formula is C7H8N4O. The summed E-state index contributed by atoms with van der Waals surface area (Å²) in [6.07, 6.45) is 3.17. The van der Waals surface area contributed by atoms with Gasteiger partial charge in [0, 0.05) is 19.3 Å². The fourth-order valence-corrected chi connectivity index (χ4v) is 1.12. The molecule has 62 valence electrons. The van der Waals surface area contributed by atoms with Crippen molar-refractivity contribution in [1.82, 2.24) is 14.0 Å². The van der Waals surface area contributed by atoms with Crippen molar-refractivity contribution in [2.24, 2.45) is 7.05 Å². The molecule has 5 nitrogen and oxygen atoms in total. The predicted molar refractivity (Wildman–Crippen MR) is 44.8 cm³/mol. The lowest BCUT2D eigenvalue weighted by molar-refractivity contribution is 0.867. The zero-order valence-electron chi connectivity index (χ0n) is 6.56. The van der Waals surface area contributed by atoms with E-state index in [1.165, 1.54) is 16.7 Å². The van der Waals surface area contributed by atoms with Crippen LogP contribution in [-0.4, -0.2) is 14.0 Å². The molecule has 0 aliphatic rings. The first kappa shape index (κ1) is 6.90. The minimum absolute atomic E-state index is 0.118. The van der Waals surface area contributed by atoms with E-state index in [-0.39, 0.29) is 5.56 Å². The van der Waals surface area contributed by atoms with Crippen LogP contribution in [0.4, 0.5) is 5.82 Å². The number of rotatable bonds is 0.